The molecule has 2 atom stereocenters. The standard InChI is InChI=1S/C11H21NO4S/c1-8(10(13)14)17(15,16)12-6-5-9(7-12)11(2,3)4/h8-9H,5-7H2,1-4H3,(H,13,14). The van der Waals surface area contributed by atoms with Gasteiger partial charge < -0.3 is 5.11 Å². The minimum absolute atomic E-state index is 0.0523. The molecule has 1 heterocycles. The molecule has 1 N–H and O–H groups in total. The highest BCUT2D eigenvalue weighted by atomic mass is 32.2. The third-order valence-electron chi connectivity index (χ3n) is 3.53. The maximum Gasteiger partial charge on any atom is 0.323 e. The Morgan fingerprint density at radius 3 is 2.29 bits per heavy atom. The van der Waals surface area contributed by atoms with E-state index in [1.807, 2.05) is 0 Å². The first-order valence-corrected chi connectivity index (χ1v) is 7.29. The Morgan fingerprint density at radius 1 is 1.41 bits per heavy atom. The first kappa shape index (κ1) is 14.4. The summed E-state index contributed by atoms with van der Waals surface area (Å²) in [6, 6.07) is 0. The molecule has 0 amide bonds. The van der Waals surface area contributed by atoms with E-state index in [2.05, 4.69) is 20.8 Å². The maximum atomic E-state index is 12.0. The molecule has 100 valence electrons. The Hall–Kier alpha value is -0.620. The molecule has 0 aliphatic carbocycles. The lowest BCUT2D eigenvalue weighted by atomic mass is 9.80. The van der Waals surface area contributed by atoms with Crippen LogP contribution >= 0.6 is 0 Å². The van der Waals surface area contributed by atoms with Crippen LogP contribution in [0.25, 0.3) is 0 Å². The average molecular weight is 263 g/mol. The summed E-state index contributed by atoms with van der Waals surface area (Å²) >= 11 is 0. The third kappa shape index (κ3) is 2.98. The summed E-state index contributed by atoms with van der Waals surface area (Å²) in [5, 5.41) is 7.44. The summed E-state index contributed by atoms with van der Waals surface area (Å²) < 4.78 is 25.3. The molecule has 1 rings (SSSR count). The summed E-state index contributed by atoms with van der Waals surface area (Å²) in [7, 11) is -3.70. The zero-order valence-electron chi connectivity index (χ0n) is 10.8. The largest absolute Gasteiger partial charge is 0.480 e. The molecule has 1 aliphatic heterocycles. The number of hydrogen-bond donors (Lipinski definition) is 1. The predicted octanol–water partition coefficient (Wildman–Crippen LogP) is 1.16. The highest BCUT2D eigenvalue weighted by Gasteiger charge is 2.41. The van der Waals surface area contributed by atoms with Crippen LogP contribution in [0, 0.1) is 11.3 Å². The molecule has 0 aromatic heterocycles. The van der Waals surface area contributed by atoms with Crippen LogP contribution in [0.4, 0.5) is 0 Å². The van der Waals surface area contributed by atoms with Gasteiger partial charge >= 0.3 is 5.97 Å². The van der Waals surface area contributed by atoms with E-state index in [0.717, 1.165) is 6.42 Å². The van der Waals surface area contributed by atoms with Crippen molar-refractivity contribution >= 4 is 16.0 Å². The van der Waals surface area contributed by atoms with Gasteiger partial charge in [-0.2, -0.15) is 0 Å². The van der Waals surface area contributed by atoms with Crippen molar-refractivity contribution in [1.82, 2.24) is 4.31 Å². The Morgan fingerprint density at radius 2 is 1.94 bits per heavy atom. The molecule has 1 saturated heterocycles. The van der Waals surface area contributed by atoms with E-state index in [0.29, 0.717) is 19.0 Å². The van der Waals surface area contributed by atoms with Crippen LogP contribution in [0.2, 0.25) is 0 Å². The van der Waals surface area contributed by atoms with Gasteiger partial charge in [-0.05, 0) is 24.7 Å². The number of hydrogen-bond acceptors (Lipinski definition) is 3. The lowest BCUT2D eigenvalue weighted by molar-refractivity contribution is -0.136. The average Bonchev–Trinajstić information content (AvgIpc) is 2.64. The first-order chi connectivity index (χ1) is 7.56. The van der Waals surface area contributed by atoms with Crippen molar-refractivity contribution in [2.75, 3.05) is 13.1 Å². The van der Waals surface area contributed by atoms with Gasteiger partial charge in [0.15, 0.2) is 5.25 Å². The minimum atomic E-state index is -3.70. The highest BCUT2D eigenvalue weighted by Crippen LogP contribution is 2.35. The second-order valence-corrected chi connectivity index (χ2v) is 7.99. The van der Waals surface area contributed by atoms with Gasteiger partial charge in [-0.25, -0.2) is 12.7 Å². The highest BCUT2D eigenvalue weighted by molar-refractivity contribution is 7.90. The molecule has 0 aromatic rings. The van der Waals surface area contributed by atoms with Crippen LogP contribution in [-0.4, -0.2) is 42.1 Å². The van der Waals surface area contributed by atoms with E-state index in [1.54, 1.807) is 0 Å². The number of carboxylic acid groups (broad SMARTS) is 1. The molecule has 0 radical (unpaired) electrons. The van der Waals surface area contributed by atoms with Gasteiger partial charge in [0, 0.05) is 13.1 Å². The van der Waals surface area contributed by atoms with Crippen molar-refractivity contribution in [2.24, 2.45) is 11.3 Å². The number of aliphatic carboxylic acids is 1. The van der Waals surface area contributed by atoms with Crippen LogP contribution in [0.5, 0.6) is 0 Å². The summed E-state index contributed by atoms with van der Waals surface area (Å²) in [5.41, 5.74) is 0.0523. The molecular weight excluding hydrogens is 242 g/mol. The number of sulfonamides is 1. The van der Waals surface area contributed by atoms with E-state index >= 15 is 0 Å². The van der Waals surface area contributed by atoms with E-state index < -0.39 is 21.2 Å². The molecule has 0 aromatic carbocycles. The van der Waals surface area contributed by atoms with Gasteiger partial charge in [0.05, 0.1) is 0 Å². The Labute approximate surface area is 103 Å². The molecule has 1 aliphatic rings. The number of nitrogens with zero attached hydrogens (tertiary/aromatic N) is 1. The molecule has 2 unspecified atom stereocenters. The number of carboxylic acids is 1. The lowest BCUT2D eigenvalue weighted by Crippen LogP contribution is -2.40. The monoisotopic (exact) mass is 263 g/mol. The lowest BCUT2D eigenvalue weighted by Gasteiger charge is -2.27. The van der Waals surface area contributed by atoms with Crippen molar-refractivity contribution in [3.05, 3.63) is 0 Å². The van der Waals surface area contributed by atoms with Crippen molar-refractivity contribution < 1.29 is 18.3 Å². The molecular formula is C11H21NO4S. The second kappa shape index (κ2) is 4.57. The predicted molar refractivity (Wildman–Crippen MR) is 65.2 cm³/mol. The van der Waals surface area contributed by atoms with Crippen LogP contribution < -0.4 is 0 Å². The molecule has 17 heavy (non-hydrogen) atoms. The third-order valence-corrected chi connectivity index (χ3v) is 5.68. The molecule has 0 saturated carbocycles. The number of rotatable bonds is 3. The van der Waals surface area contributed by atoms with Gasteiger partial charge in [-0.1, -0.05) is 20.8 Å². The molecule has 0 spiro atoms. The Bertz CT molecular complexity index is 396. The van der Waals surface area contributed by atoms with Crippen LogP contribution in [0.1, 0.15) is 34.1 Å². The first-order valence-electron chi connectivity index (χ1n) is 5.78. The van der Waals surface area contributed by atoms with Gasteiger partial charge in [-0.15, -0.1) is 0 Å². The van der Waals surface area contributed by atoms with E-state index in [-0.39, 0.29) is 5.41 Å². The zero-order chi connectivity index (χ0) is 13.4. The summed E-state index contributed by atoms with van der Waals surface area (Å²) in [5.74, 6) is -0.998. The van der Waals surface area contributed by atoms with E-state index in [4.69, 9.17) is 5.11 Å². The summed E-state index contributed by atoms with van der Waals surface area (Å²) in [6.45, 7) is 8.32. The van der Waals surface area contributed by atoms with E-state index in [9.17, 15) is 13.2 Å². The van der Waals surface area contributed by atoms with Crippen molar-refractivity contribution in [1.29, 1.82) is 0 Å². The van der Waals surface area contributed by atoms with Crippen molar-refractivity contribution in [2.45, 2.75) is 39.4 Å². The number of carbonyl (C=O) groups is 1. The van der Waals surface area contributed by atoms with Crippen LogP contribution in [0.15, 0.2) is 0 Å². The normalized spacial score (nSPS) is 24.8. The fraction of sp³-hybridized carbons (Fsp3) is 0.909. The van der Waals surface area contributed by atoms with E-state index in [1.165, 1.54) is 11.2 Å². The van der Waals surface area contributed by atoms with Crippen LogP contribution in [0.3, 0.4) is 0 Å². The fourth-order valence-electron chi connectivity index (χ4n) is 2.02. The van der Waals surface area contributed by atoms with Gasteiger partial charge in [0.2, 0.25) is 10.0 Å². The van der Waals surface area contributed by atoms with Gasteiger partial charge in [0.25, 0.3) is 0 Å². The Kier molecular flexibility index (Phi) is 3.88. The minimum Gasteiger partial charge on any atom is -0.480 e. The molecule has 6 heteroatoms. The molecule has 5 nitrogen and oxygen atoms in total. The maximum absolute atomic E-state index is 12.0. The molecule has 1 fully saturated rings. The van der Waals surface area contributed by atoms with Crippen LogP contribution in [-0.2, 0) is 14.8 Å². The van der Waals surface area contributed by atoms with Gasteiger partial charge in [-0.3, -0.25) is 4.79 Å². The quantitative estimate of drug-likeness (QED) is 0.829. The van der Waals surface area contributed by atoms with Crippen molar-refractivity contribution in [3.63, 3.8) is 0 Å². The Balaban J connectivity index is 2.82. The van der Waals surface area contributed by atoms with Crippen molar-refractivity contribution in [3.8, 4) is 0 Å². The zero-order valence-corrected chi connectivity index (χ0v) is 11.6. The molecule has 0 bridgehead atoms. The fourth-order valence-corrected chi connectivity index (χ4v) is 3.47. The SMILES string of the molecule is CC(C(=O)O)S(=O)(=O)N1CCC(C(C)(C)C)C1. The smallest absolute Gasteiger partial charge is 0.323 e. The second-order valence-electron chi connectivity index (χ2n) is 5.74. The summed E-state index contributed by atoms with van der Waals surface area (Å²) in [6.07, 6.45) is 0.801. The summed E-state index contributed by atoms with van der Waals surface area (Å²) in [4.78, 5) is 10.8. The van der Waals surface area contributed by atoms with Gasteiger partial charge in [0.1, 0.15) is 0 Å². The topological polar surface area (TPSA) is 74.7 Å².